The molecule has 0 N–H and O–H groups in total. The van der Waals surface area contributed by atoms with Crippen molar-refractivity contribution in [3.05, 3.63) is 38.0 Å². The molecule has 0 atom stereocenters. The van der Waals surface area contributed by atoms with Crippen molar-refractivity contribution in [2.75, 3.05) is 0 Å². The number of aryl methyl sites for hydroxylation is 2. The Morgan fingerprint density at radius 1 is 1.00 bits per heavy atom. The number of halogens is 3. The minimum Gasteiger partial charge on any atom is -0.251 e. The van der Waals surface area contributed by atoms with Crippen molar-refractivity contribution in [3.63, 3.8) is 0 Å². The Morgan fingerprint density at radius 3 is 2.25 bits per heavy atom. The first kappa shape index (κ1) is 12.0. The summed E-state index contributed by atoms with van der Waals surface area (Å²) >= 11 is 18.7. The molecule has 0 saturated carbocycles. The highest BCUT2D eigenvalue weighted by Crippen LogP contribution is 2.38. The second-order valence-electron chi connectivity index (χ2n) is 3.85. The summed E-state index contributed by atoms with van der Waals surface area (Å²) in [5, 5.41) is 2.59. The molecular formula is C12H10Cl3N. The minimum absolute atomic E-state index is 0.585. The third kappa shape index (κ3) is 1.67. The van der Waals surface area contributed by atoms with Gasteiger partial charge in [0.2, 0.25) is 0 Å². The second kappa shape index (κ2) is 4.06. The maximum absolute atomic E-state index is 6.30. The van der Waals surface area contributed by atoms with Gasteiger partial charge < -0.3 is 0 Å². The zero-order chi connectivity index (χ0) is 12.0. The zero-order valence-electron chi connectivity index (χ0n) is 9.16. The molecule has 84 valence electrons. The van der Waals surface area contributed by atoms with E-state index < -0.39 is 0 Å². The molecule has 0 unspecified atom stereocenters. The lowest BCUT2D eigenvalue weighted by Crippen LogP contribution is -1.93. The van der Waals surface area contributed by atoms with Crippen LogP contribution < -0.4 is 0 Å². The van der Waals surface area contributed by atoms with Crippen molar-refractivity contribution >= 4 is 45.7 Å². The lowest BCUT2D eigenvalue weighted by Gasteiger charge is -2.11. The smallest absolute Gasteiger partial charge is 0.0921 e. The van der Waals surface area contributed by atoms with Crippen molar-refractivity contribution < 1.29 is 0 Å². The molecular weight excluding hydrogens is 264 g/mol. The van der Waals surface area contributed by atoms with E-state index in [0.29, 0.717) is 20.6 Å². The van der Waals surface area contributed by atoms with E-state index in [0.717, 1.165) is 22.2 Å². The monoisotopic (exact) mass is 273 g/mol. The number of rotatable bonds is 0. The van der Waals surface area contributed by atoms with Crippen molar-refractivity contribution in [2.45, 2.75) is 20.8 Å². The van der Waals surface area contributed by atoms with Gasteiger partial charge in [0.15, 0.2) is 0 Å². The summed E-state index contributed by atoms with van der Waals surface area (Å²) in [4.78, 5) is 4.44. The molecule has 0 aliphatic heterocycles. The Hall–Kier alpha value is -0.500. The highest BCUT2D eigenvalue weighted by atomic mass is 35.5. The van der Waals surface area contributed by atoms with Crippen molar-refractivity contribution in [1.82, 2.24) is 4.98 Å². The quantitative estimate of drug-likeness (QED) is 0.650. The van der Waals surface area contributed by atoms with Crippen molar-refractivity contribution in [1.29, 1.82) is 0 Å². The van der Waals surface area contributed by atoms with Gasteiger partial charge in [0.25, 0.3) is 0 Å². The van der Waals surface area contributed by atoms with Gasteiger partial charge >= 0.3 is 0 Å². The van der Waals surface area contributed by atoms with Gasteiger partial charge in [-0.15, -0.1) is 0 Å². The van der Waals surface area contributed by atoms with Gasteiger partial charge in [0.1, 0.15) is 0 Å². The predicted octanol–water partition coefficient (Wildman–Crippen LogP) is 5.12. The topological polar surface area (TPSA) is 12.9 Å². The summed E-state index contributed by atoms with van der Waals surface area (Å²) in [7, 11) is 0. The Balaban J connectivity index is 3.07. The fraction of sp³-hybridized carbons (Fsp3) is 0.250. The fourth-order valence-electron chi connectivity index (χ4n) is 1.65. The first-order valence-electron chi connectivity index (χ1n) is 4.84. The van der Waals surface area contributed by atoms with Crippen molar-refractivity contribution in [3.8, 4) is 0 Å². The summed E-state index contributed by atoms with van der Waals surface area (Å²) < 4.78 is 0. The average molecular weight is 275 g/mol. The van der Waals surface area contributed by atoms with Crippen LogP contribution in [-0.2, 0) is 0 Å². The number of hydrogen-bond donors (Lipinski definition) is 0. The molecule has 0 bridgehead atoms. The van der Waals surface area contributed by atoms with E-state index in [9.17, 15) is 0 Å². The third-order valence-corrected chi connectivity index (χ3v) is 3.99. The van der Waals surface area contributed by atoms with E-state index in [-0.39, 0.29) is 0 Å². The number of aromatic nitrogens is 1. The molecule has 1 aromatic carbocycles. The second-order valence-corrected chi connectivity index (χ2v) is 5.01. The predicted molar refractivity (Wildman–Crippen MR) is 71.0 cm³/mol. The van der Waals surface area contributed by atoms with Crippen LogP contribution in [0.1, 0.15) is 16.8 Å². The first-order valence-corrected chi connectivity index (χ1v) is 5.98. The standard InChI is InChI=1S/C12H10Cl3N/c1-5-4-8(13)12-9(10(5)14)11(15)6(2)7(3)16-12/h4H,1-3H3. The van der Waals surface area contributed by atoms with Gasteiger partial charge in [-0.05, 0) is 38.0 Å². The van der Waals surface area contributed by atoms with Crippen LogP contribution in [0.25, 0.3) is 10.9 Å². The summed E-state index contributed by atoms with van der Waals surface area (Å²) in [5.41, 5.74) is 3.40. The molecule has 2 rings (SSSR count). The lowest BCUT2D eigenvalue weighted by atomic mass is 10.1. The van der Waals surface area contributed by atoms with E-state index >= 15 is 0 Å². The Bertz CT molecular complexity index is 591. The summed E-state index contributed by atoms with van der Waals surface area (Å²) in [5.74, 6) is 0. The fourth-order valence-corrected chi connectivity index (χ4v) is 2.56. The van der Waals surface area contributed by atoms with Crippen LogP contribution in [0.15, 0.2) is 6.07 Å². The molecule has 0 fully saturated rings. The van der Waals surface area contributed by atoms with Crippen LogP contribution in [0.4, 0.5) is 0 Å². The van der Waals surface area contributed by atoms with Gasteiger partial charge in [0.05, 0.1) is 20.6 Å². The highest BCUT2D eigenvalue weighted by molar-refractivity contribution is 6.45. The average Bonchev–Trinajstić information content (AvgIpc) is 2.22. The van der Waals surface area contributed by atoms with Crippen LogP contribution in [0.5, 0.6) is 0 Å². The molecule has 1 nitrogen and oxygen atoms in total. The zero-order valence-corrected chi connectivity index (χ0v) is 11.4. The molecule has 0 spiro atoms. The Labute approximate surface area is 109 Å². The van der Waals surface area contributed by atoms with E-state index in [4.69, 9.17) is 34.8 Å². The Morgan fingerprint density at radius 2 is 1.62 bits per heavy atom. The van der Waals surface area contributed by atoms with Crippen molar-refractivity contribution in [2.24, 2.45) is 0 Å². The number of nitrogens with zero attached hydrogens (tertiary/aromatic N) is 1. The van der Waals surface area contributed by atoms with Gasteiger partial charge in [0, 0.05) is 11.1 Å². The minimum atomic E-state index is 0.585. The van der Waals surface area contributed by atoms with Crippen LogP contribution in [-0.4, -0.2) is 4.98 Å². The third-order valence-electron chi connectivity index (χ3n) is 2.74. The van der Waals surface area contributed by atoms with Gasteiger partial charge in [-0.25, -0.2) is 0 Å². The molecule has 2 aromatic rings. The molecule has 0 aliphatic carbocycles. The van der Waals surface area contributed by atoms with Gasteiger partial charge in [-0.1, -0.05) is 34.8 Å². The SMILES string of the molecule is Cc1cc(Cl)c2nc(C)c(C)c(Cl)c2c1Cl. The molecule has 16 heavy (non-hydrogen) atoms. The first-order chi connectivity index (χ1) is 7.43. The molecule has 0 saturated heterocycles. The largest absolute Gasteiger partial charge is 0.251 e. The number of benzene rings is 1. The summed E-state index contributed by atoms with van der Waals surface area (Å²) in [6.07, 6.45) is 0. The van der Waals surface area contributed by atoms with E-state index in [1.54, 1.807) is 0 Å². The maximum atomic E-state index is 6.30. The van der Waals surface area contributed by atoms with Crippen LogP contribution in [0, 0.1) is 20.8 Å². The van der Waals surface area contributed by atoms with Crippen LogP contribution in [0.3, 0.4) is 0 Å². The van der Waals surface area contributed by atoms with E-state index in [2.05, 4.69) is 4.98 Å². The molecule has 0 radical (unpaired) electrons. The summed E-state index contributed by atoms with van der Waals surface area (Å²) in [6.45, 7) is 5.74. The highest BCUT2D eigenvalue weighted by Gasteiger charge is 2.14. The lowest BCUT2D eigenvalue weighted by molar-refractivity contribution is 1.19. The summed E-state index contributed by atoms with van der Waals surface area (Å²) in [6, 6.07) is 1.81. The maximum Gasteiger partial charge on any atom is 0.0921 e. The molecule has 1 aromatic heterocycles. The van der Waals surface area contributed by atoms with Gasteiger partial charge in [-0.3, -0.25) is 4.98 Å². The molecule has 0 amide bonds. The van der Waals surface area contributed by atoms with Crippen LogP contribution in [0.2, 0.25) is 15.1 Å². The number of pyridine rings is 1. The normalized spacial score (nSPS) is 11.1. The molecule has 0 aliphatic rings. The molecule has 1 heterocycles. The van der Waals surface area contributed by atoms with E-state index in [1.807, 2.05) is 26.8 Å². The number of fused-ring (bicyclic) bond motifs is 1. The van der Waals surface area contributed by atoms with E-state index in [1.165, 1.54) is 0 Å². The molecule has 4 heteroatoms. The van der Waals surface area contributed by atoms with Gasteiger partial charge in [-0.2, -0.15) is 0 Å². The Kier molecular flexibility index (Phi) is 3.04. The number of hydrogen-bond acceptors (Lipinski definition) is 1. The van der Waals surface area contributed by atoms with Crippen LogP contribution >= 0.6 is 34.8 Å².